The molecule has 0 bridgehead atoms. The maximum Gasteiger partial charge on any atom is 0.329 e. The zero-order valence-corrected chi connectivity index (χ0v) is 12.8. The second-order valence-corrected chi connectivity index (χ2v) is 5.42. The van der Waals surface area contributed by atoms with Crippen molar-refractivity contribution in [1.29, 1.82) is 0 Å². The van der Waals surface area contributed by atoms with Gasteiger partial charge in [0.15, 0.2) is 0 Å². The minimum Gasteiger partial charge on any atom is -0.480 e. The van der Waals surface area contributed by atoms with Crippen molar-refractivity contribution in [3.05, 3.63) is 0 Å². The fourth-order valence-electron chi connectivity index (χ4n) is 2.59. The highest BCUT2D eigenvalue weighted by Gasteiger charge is 2.40. The standard InChI is InChI=1S/C14H25N3O4/c1-3-17(10-11(18)15-2)13(21)16-14(12(19)20)8-6-4-5-7-9-14/h3-10H2,1-2H3,(H,15,18)(H,16,21)(H,19,20). The van der Waals surface area contributed by atoms with Gasteiger partial charge in [-0.05, 0) is 19.8 Å². The monoisotopic (exact) mass is 299 g/mol. The lowest BCUT2D eigenvalue weighted by molar-refractivity contribution is -0.145. The van der Waals surface area contributed by atoms with Crippen LogP contribution in [0.15, 0.2) is 0 Å². The Morgan fingerprint density at radius 3 is 2.14 bits per heavy atom. The summed E-state index contributed by atoms with van der Waals surface area (Å²) in [4.78, 5) is 36.6. The molecule has 0 spiro atoms. The Bertz CT molecular complexity index is 390. The maximum absolute atomic E-state index is 12.3. The van der Waals surface area contributed by atoms with Crippen LogP contribution in [0.4, 0.5) is 4.79 Å². The summed E-state index contributed by atoms with van der Waals surface area (Å²) < 4.78 is 0. The molecule has 1 saturated carbocycles. The van der Waals surface area contributed by atoms with E-state index in [1.807, 2.05) is 0 Å². The molecule has 0 atom stereocenters. The number of carboxylic acid groups (broad SMARTS) is 1. The number of carbonyl (C=O) groups is 3. The second-order valence-electron chi connectivity index (χ2n) is 5.42. The third-order valence-electron chi connectivity index (χ3n) is 3.99. The van der Waals surface area contributed by atoms with Gasteiger partial charge >= 0.3 is 12.0 Å². The van der Waals surface area contributed by atoms with Gasteiger partial charge in [-0.1, -0.05) is 25.7 Å². The molecular weight excluding hydrogens is 274 g/mol. The van der Waals surface area contributed by atoms with Gasteiger partial charge in [-0.3, -0.25) is 4.79 Å². The molecular formula is C14H25N3O4. The van der Waals surface area contributed by atoms with Crippen LogP contribution < -0.4 is 10.6 Å². The van der Waals surface area contributed by atoms with Gasteiger partial charge in [0.1, 0.15) is 12.1 Å². The molecule has 1 fully saturated rings. The van der Waals surface area contributed by atoms with E-state index in [2.05, 4.69) is 10.6 Å². The van der Waals surface area contributed by atoms with E-state index in [1.54, 1.807) is 6.92 Å². The number of nitrogens with one attached hydrogen (secondary N) is 2. The van der Waals surface area contributed by atoms with Crippen LogP contribution in [0.3, 0.4) is 0 Å². The summed E-state index contributed by atoms with van der Waals surface area (Å²) in [6.45, 7) is 2.02. The molecule has 0 saturated heterocycles. The molecule has 1 aliphatic rings. The van der Waals surface area contributed by atoms with Crippen LogP contribution in [0.5, 0.6) is 0 Å². The summed E-state index contributed by atoms with van der Waals surface area (Å²) >= 11 is 0. The zero-order chi connectivity index (χ0) is 15.9. The Morgan fingerprint density at radius 2 is 1.71 bits per heavy atom. The SMILES string of the molecule is CCN(CC(=O)NC)C(=O)NC1(C(=O)O)CCCCCC1. The van der Waals surface area contributed by atoms with Gasteiger partial charge in [0.2, 0.25) is 5.91 Å². The third-order valence-corrected chi connectivity index (χ3v) is 3.99. The van der Waals surface area contributed by atoms with E-state index in [9.17, 15) is 19.5 Å². The normalized spacial score (nSPS) is 17.4. The first-order valence-corrected chi connectivity index (χ1v) is 7.46. The van der Waals surface area contributed by atoms with Gasteiger partial charge in [0.25, 0.3) is 0 Å². The van der Waals surface area contributed by atoms with Crippen molar-refractivity contribution in [3.63, 3.8) is 0 Å². The number of hydrogen-bond donors (Lipinski definition) is 3. The summed E-state index contributed by atoms with van der Waals surface area (Å²) in [5, 5.41) is 14.6. The van der Waals surface area contributed by atoms with Gasteiger partial charge in [-0.2, -0.15) is 0 Å². The van der Waals surface area contributed by atoms with E-state index in [0.717, 1.165) is 25.7 Å². The maximum atomic E-state index is 12.3. The number of carbonyl (C=O) groups excluding carboxylic acids is 2. The third kappa shape index (κ3) is 4.61. The molecule has 0 unspecified atom stereocenters. The second kappa shape index (κ2) is 7.85. The summed E-state index contributed by atoms with van der Waals surface area (Å²) in [6.07, 6.45) is 4.42. The number of likely N-dealkylation sites (N-methyl/N-ethyl adjacent to an activating group) is 2. The van der Waals surface area contributed by atoms with Crippen LogP contribution in [0.2, 0.25) is 0 Å². The van der Waals surface area contributed by atoms with Crippen LogP contribution in [-0.4, -0.2) is 53.6 Å². The summed E-state index contributed by atoms with van der Waals surface area (Å²) in [6, 6.07) is -0.495. The first-order valence-electron chi connectivity index (χ1n) is 7.46. The smallest absolute Gasteiger partial charge is 0.329 e. The molecule has 0 aliphatic heterocycles. The van der Waals surface area contributed by atoms with Crippen molar-refractivity contribution >= 4 is 17.9 Å². The van der Waals surface area contributed by atoms with E-state index < -0.39 is 17.5 Å². The van der Waals surface area contributed by atoms with Gasteiger partial charge in [-0.15, -0.1) is 0 Å². The Hall–Kier alpha value is -1.79. The number of amides is 3. The molecule has 3 amide bonds. The zero-order valence-electron chi connectivity index (χ0n) is 12.8. The summed E-state index contributed by atoms with van der Waals surface area (Å²) in [5.41, 5.74) is -1.20. The average molecular weight is 299 g/mol. The quantitative estimate of drug-likeness (QED) is 0.658. The van der Waals surface area contributed by atoms with Crippen molar-refractivity contribution in [3.8, 4) is 0 Å². The largest absolute Gasteiger partial charge is 0.480 e. The predicted octanol–water partition coefficient (Wildman–Crippen LogP) is 0.941. The molecule has 0 aromatic carbocycles. The molecule has 3 N–H and O–H groups in total. The molecule has 0 radical (unpaired) electrons. The highest BCUT2D eigenvalue weighted by atomic mass is 16.4. The van der Waals surface area contributed by atoms with E-state index in [-0.39, 0.29) is 12.5 Å². The average Bonchev–Trinajstić information content (AvgIpc) is 2.70. The van der Waals surface area contributed by atoms with Crippen molar-refractivity contribution in [1.82, 2.24) is 15.5 Å². The first-order chi connectivity index (χ1) is 9.95. The van der Waals surface area contributed by atoms with Crippen LogP contribution in [-0.2, 0) is 9.59 Å². The number of carboxylic acids is 1. The van der Waals surface area contributed by atoms with Crippen molar-refractivity contribution < 1.29 is 19.5 Å². The Labute approximate surface area is 125 Å². The van der Waals surface area contributed by atoms with Gasteiger partial charge < -0.3 is 20.6 Å². The highest BCUT2D eigenvalue weighted by Crippen LogP contribution is 2.27. The number of hydrogen-bond acceptors (Lipinski definition) is 3. The molecule has 1 rings (SSSR count). The number of rotatable bonds is 5. The lowest BCUT2D eigenvalue weighted by Gasteiger charge is -2.32. The van der Waals surface area contributed by atoms with E-state index in [4.69, 9.17) is 0 Å². The molecule has 0 heterocycles. The van der Waals surface area contributed by atoms with E-state index >= 15 is 0 Å². The highest BCUT2D eigenvalue weighted by molar-refractivity contribution is 5.88. The van der Waals surface area contributed by atoms with Crippen molar-refractivity contribution in [2.75, 3.05) is 20.1 Å². The van der Waals surface area contributed by atoms with Gasteiger partial charge in [0.05, 0.1) is 0 Å². The van der Waals surface area contributed by atoms with Crippen molar-refractivity contribution in [2.45, 2.75) is 51.0 Å². The molecule has 7 heteroatoms. The fraction of sp³-hybridized carbons (Fsp3) is 0.786. The predicted molar refractivity (Wildman–Crippen MR) is 77.9 cm³/mol. The Kier molecular flexibility index (Phi) is 6.45. The lowest BCUT2D eigenvalue weighted by Crippen LogP contribution is -2.58. The summed E-state index contributed by atoms with van der Waals surface area (Å²) in [7, 11) is 1.50. The Morgan fingerprint density at radius 1 is 1.14 bits per heavy atom. The van der Waals surface area contributed by atoms with Gasteiger partial charge in [-0.25, -0.2) is 9.59 Å². The van der Waals surface area contributed by atoms with Crippen LogP contribution >= 0.6 is 0 Å². The minimum absolute atomic E-state index is 0.0749. The lowest BCUT2D eigenvalue weighted by atomic mass is 9.90. The number of nitrogens with zero attached hydrogens (tertiary/aromatic N) is 1. The topological polar surface area (TPSA) is 98.7 Å². The Balaban J connectivity index is 2.79. The molecule has 0 aromatic heterocycles. The molecule has 0 aromatic rings. The number of urea groups is 1. The fourth-order valence-corrected chi connectivity index (χ4v) is 2.59. The van der Waals surface area contributed by atoms with E-state index in [1.165, 1.54) is 11.9 Å². The molecule has 1 aliphatic carbocycles. The van der Waals surface area contributed by atoms with Crippen molar-refractivity contribution in [2.24, 2.45) is 0 Å². The van der Waals surface area contributed by atoms with E-state index in [0.29, 0.717) is 19.4 Å². The van der Waals surface area contributed by atoms with Gasteiger partial charge in [0, 0.05) is 13.6 Å². The molecule has 7 nitrogen and oxygen atoms in total. The number of aliphatic carboxylic acids is 1. The first kappa shape index (κ1) is 17.3. The van der Waals surface area contributed by atoms with Crippen LogP contribution in [0, 0.1) is 0 Å². The molecule has 120 valence electrons. The summed E-state index contributed by atoms with van der Waals surface area (Å²) in [5.74, 6) is -1.27. The molecule has 21 heavy (non-hydrogen) atoms. The van der Waals surface area contributed by atoms with Crippen LogP contribution in [0.1, 0.15) is 45.4 Å². The minimum atomic E-state index is -1.20. The van der Waals surface area contributed by atoms with Crippen LogP contribution in [0.25, 0.3) is 0 Å².